The minimum absolute atomic E-state index is 0.593. The van der Waals surface area contributed by atoms with Crippen molar-refractivity contribution >= 4 is 0 Å². The molecule has 0 bridgehead atoms. The summed E-state index contributed by atoms with van der Waals surface area (Å²) in [6.07, 6.45) is 2.40. The molecule has 0 saturated carbocycles. The molecule has 0 aliphatic carbocycles. The normalized spacial score (nSPS) is 20.7. The van der Waals surface area contributed by atoms with E-state index in [9.17, 15) is 0 Å². The Bertz CT molecular complexity index is 552. The third kappa shape index (κ3) is 4.19. The highest BCUT2D eigenvalue weighted by Crippen LogP contribution is 2.17. The Morgan fingerprint density at radius 3 is 2.18 bits per heavy atom. The molecule has 0 N–H and O–H groups in total. The summed E-state index contributed by atoms with van der Waals surface area (Å²) < 4.78 is 0. The second kappa shape index (κ2) is 7.57. The van der Waals surface area contributed by atoms with Crippen LogP contribution in [-0.4, -0.2) is 42.5 Å². The second-order valence-electron chi connectivity index (χ2n) is 6.42. The predicted octanol–water partition coefficient (Wildman–Crippen LogP) is 3.44. The van der Waals surface area contributed by atoms with Gasteiger partial charge in [0.05, 0.1) is 0 Å². The molecule has 1 heterocycles. The molecule has 22 heavy (non-hydrogen) atoms. The Balaban J connectivity index is 1.74. The molecule has 0 radical (unpaired) electrons. The first-order valence-corrected chi connectivity index (χ1v) is 8.32. The van der Waals surface area contributed by atoms with Crippen LogP contribution in [0.3, 0.4) is 0 Å². The van der Waals surface area contributed by atoms with E-state index in [4.69, 9.17) is 0 Å². The van der Waals surface area contributed by atoms with Gasteiger partial charge >= 0.3 is 0 Å². The molecule has 1 saturated heterocycles. The van der Waals surface area contributed by atoms with Gasteiger partial charge in [-0.3, -0.25) is 4.90 Å². The molecule has 0 amide bonds. The number of hydrogen-bond acceptors (Lipinski definition) is 2. The summed E-state index contributed by atoms with van der Waals surface area (Å²) in [7, 11) is 2.25. The number of rotatable bonds is 4. The summed E-state index contributed by atoms with van der Waals surface area (Å²) in [5.41, 5.74) is 2.87. The first-order chi connectivity index (χ1) is 10.8. The molecule has 0 aromatic heterocycles. The zero-order valence-corrected chi connectivity index (χ0v) is 13.5. The highest BCUT2D eigenvalue weighted by Gasteiger charge is 2.23. The summed E-state index contributed by atoms with van der Waals surface area (Å²) in [5.74, 6) is 0. The van der Waals surface area contributed by atoms with Gasteiger partial charge in [0.2, 0.25) is 0 Å². The Hall–Kier alpha value is -1.64. The van der Waals surface area contributed by atoms with Gasteiger partial charge < -0.3 is 4.90 Å². The zero-order chi connectivity index (χ0) is 15.2. The van der Waals surface area contributed by atoms with E-state index in [0.29, 0.717) is 6.04 Å². The largest absolute Gasteiger partial charge is 0.305 e. The standard InChI is InChI=1S/C20H26N2/c1-21-13-8-14-22(16-19-11-6-3-7-12-19)20(17-21)15-18-9-4-2-5-10-18/h2-7,9-12,20H,8,13-17H2,1H3/t20-/m0/s1. The Kier molecular flexibility index (Phi) is 5.25. The van der Waals surface area contributed by atoms with Crippen molar-refractivity contribution < 1.29 is 0 Å². The molecule has 2 heteroatoms. The van der Waals surface area contributed by atoms with E-state index in [1.807, 2.05) is 0 Å². The maximum absolute atomic E-state index is 2.67. The van der Waals surface area contributed by atoms with Gasteiger partial charge in [-0.05, 0) is 37.6 Å². The van der Waals surface area contributed by atoms with Crippen LogP contribution in [0.4, 0.5) is 0 Å². The third-order valence-corrected chi connectivity index (χ3v) is 4.57. The summed E-state index contributed by atoms with van der Waals surface area (Å²) in [5, 5.41) is 0. The van der Waals surface area contributed by atoms with E-state index in [2.05, 4.69) is 77.5 Å². The minimum Gasteiger partial charge on any atom is -0.305 e. The fourth-order valence-electron chi connectivity index (χ4n) is 3.40. The third-order valence-electron chi connectivity index (χ3n) is 4.57. The van der Waals surface area contributed by atoms with Crippen molar-refractivity contribution in [3.05, 3.63) is 71.8 Å². The molecule has 3 rings (SSSR count). The first kappa shape index (κ1) is 15.3. The predicted molar refractivity (Wildman–Crippen MR) is 92.9 cm³/mol. The van der Waals surface area contributed by atoms with Crippen LogP contribution in [0.5, 0.6) is 0 Å². The molecular weight excluding hydrogens is 268 g/mol. The Labute approximate surface area is 134 Å². The quantitative estimate of drug-likeness (QED) is 0.852. The molecule has 0 unspecified atom stereocenters. The molecule has 0 spiro atoms. The van der Waals surface area contributed by atoms with E-state index < -0.39 is 0 Å². The van der Waals surface area contributed by atoms with Gasteiger partial charge in [-0.2, -0.15) is 0 Å². The molecule has 1 fully saturated rings. The average molecular weight is 294 g/mol. The van der Waals surface area contributed by atoms with Crippen molar-refractivity contribution in [2.75, 3.05) is 26.7 Å². The highest BCUT2D eigenvalue weighted by molar-refractivity contribution is 5.17. The molecule has 1 atom stereocenters. The Morgan fingerprint density at radius 2 is 1.50 bits per heavy atom. The van der Waals surface area contributed by atoms with Crippen molar-refractivity contribution in [2.45, 2.75) is 25.4 Å². The van der Waals surface area contributed by atoms with Crippen molar-refractivity contribution in [1.82, 2.24) is 9.80 Å². The van der Waals surface area contributed by atoms with Gasteiger partial charge in [-0.15, -0.1) is 0 Å². The van der Waals surface area contributed by atoms with E-state index in [0.717, 1.165) is 19.5 Å². The fraction of sp³-hybridized carbons (Fsp3) is 0.400. The van der Waals surface area contributed by atoms with Crippen molar-refractivity contribution in [2.24, 2.45) is 0 Å². The van der Waals surface area contributed by atoms with E-state index >= 15 is 0 Å². The second-order valence-corrected chi connectivity index (χ2v) is 6.42. The minimum atomic E-state index is 0.593. The van der Waals surface area contributed by atoms with Crippen LogP contribution in [0.1, 0.15) is 17.5 Å². The lowest BCUT2D eigenvalue weighted by molar-refractivity contribution is 0.179. The van der Waals surface area contributed by atoms with Crippen LogP contribution in [0.25, 0.3) is 0 Å². The molecule has 2 aromatic rings. The van der Waals surface area contributed by atoms with Crippen molar-refractivity contribution in [3.63, 3.8) is 0 Å². The zero-order valence-electron chi connectivity index (χ0n) is 13.5. The lowest BCUT2D eigenvalue weighted by atomic mass is 10.0. The molecular formula is C20H26N2. The SMILES string of the molecule is CN1CCCN(Cc2ccccc2)[C@@H](Cc2ccccc2)C1. The van der Waals surface area contributed by atoms with E-state index in [1.165, 1.54) is 30.6 Å². The van der Waals surface area contributed by atoms with Gasteiger partial charge in [-0.25, -0.2) is 0 Å². The van der Waals surface area contributed by atoms with Gasteiger partial charge in [0, 0.05) is 25.7 Å². The number of likely N-dealkylation sites (N-methyl/N-ethyl adjacent to an activating group) is 1. The highest BCUT2D eigenvalue weighted by atomic mass is 15.2. The van der Waals surface area contributed by atoms with Gasteiger partial charge in [0.25, 0.3) is 0 Å². The smallest absolute Gasteiger partial charge is 0.0266 e. The van der Waals surface area contributed by atoms with Gasteiger partial charge in [0.15, 0.2) is 0 Å². The first-order valence-electron chi connectivity index (χ1n) is 8.32. The van der Waals surface area contributed by atoms with Crippen LogP contribution in [0.15, 0.2) is 60.7 Å². The lowest BCUT2D eigenvalue weighted by Gasteiger charge is -2.31. The molecule has 116 valence electrons. The summed E-state index contributed by atoms with van der Waals surface area (Å²) >= 11 is 0. The maximum Gasteiger partial charge on any atom is 0.0266 e. The average Bonchev–Trinajstić information content (AvgIpc) is 2.71. The van der Waals surface area contributed by atoms with Crippen LogP contribution >= 0.6 is 0 Å². The topological polar surface area (TPSA) is 6.48 Å². The lowest BCUT2D eigenvalue weighted by Crippen LogP contribution is -2.41. The van der Waals surface area contributed by atoms with Crippen LogP contribution in [-0.2, 0) is 13.0 Å². The summed E-state index contributed by atoms with van der Waals surface area (Å²) in [4.78, 5) is 5.16. The van der Waals surface area contributed by atoms with Crippen LogP contribution in [0.2, 0.25) is 0 Å². The molecule has 2 aromatic carbocycles. The summed E-state index contributed by atoms with van der Waals surface area (Å²) in [6, 6.07) is 22.4. The van der Waals surface area contributed by atoms with Gasteiger partial charge in [0.1, 0.15) is 0 Å². The molecule has 1 aliphatic rings. The van der Waals surface area contributed by atoms with E-state index in [1.54, 1.807) is 0 Å². The van der Waals surface area contributed by atoms with Gasteiger partial charge in [-0.1, -0.05) is 60.7 Å². The van der Waals surface area contributed by atoms with Crippen molar-refractivity contribution in [1.29, 1.82) is 0 Å². The Morgan fingerprint density at radius 1 is 0.864 bits per heavy atom. The molecule has 1 aliphatic heterocycles. The van der Waals surface area contributed by atoms with Crippen molar-refractivity contribution in [3.8, 4) is 0 Å². The number of benzene rings is 2. The fourth-order valence-corrected chi connectivity index (χ4v) is 3.40. The monoisotopic (exact) mass is 294 g/mol. The maximum atomic E-state index is 2.67. The number of hydrogen-bond donors (Lipinski definition) is 0. The summed E-state index contributed by atoms with van der Waals surface area (Å²) in [6.45, 7) is 4.61. The molecule has 2 nitrogen and oxygen atoms in total. The number of nitrogens with zero attached hydrogens (tertiary/aromatic N) is 2. The van der Waals surface area contributed by atoms with Crippen LogP contribution in [0, 0.1) is 0 Å². The van der Waals surface area contributed by atoms with Crippen LogP contribution < -0.4 is 0 Å². The van der Waals surface area contributed by atoms with E-state index in [-0.39, 0.29) is 0 Å².